The average Bonchev–Trinajstić information content (AvgIpc) is 3.00. The van der Waals surface area contributed by atoms with E-state index in [1.54, 1.807) is 82.0 Å². The zero-order valence-corrected chi connectivity index (χ0v) is 22.2. The Morgan fingerprint density at radius 1 is 0.650 bits per heavy atom. The molecule has 40 heavy (non-hydrogen) atoms. The van der Waals surface area contributed by atoms with Crippen LogP contribution < -0.4 is 24.8 Å². The van der Waals surface area contributed by atoms with E-state index in [1.807, 2.05) is 36.4 Å². The third kappa shape index (κ3) is 5.56. The van der Waals surface area contributed by atoms with E-state index in [0.717, 1.165) is 10.9 Å². The summed E-state index contributed by atoms with van der Waals surface area (Å²) in [5, 5.41) is 6.51. The van der Waals surface area contributed by atoms with Gasteiger partial charge in [-0.15, -0.1) is 0 Å². The molecule has 200 valence electrons. The van der Waals surface area contributed by atoms with Gasteiger partial charge in [-0.25, -0.2) is 4.98 Å². The summed E-state index contributed by atoms with van der Waals surface area (Å²) in [6, 6.07) is 28.5. The molecule has 0 bridgehead atoms. The molecule has 0 aliphatic heterocycles. The molecule has 5 rings (SSSR count). The maximum atomic E-state index is 13.5. The van der Waals surface area contributed by atoms with Crippen molar-refractivity contribution in [3.63, 3.8) is 0 Å². The standard InChI is InChI=1S/C32H27N3O5/c1-38-24-15-13-23(14-16-24)33-31(36)20-8-11-22(12-9-20)34-32(37)26-19-28(35-27-7-5-4-6-25(26)27)21-10-17-29(39-2)30(18-21)40-3/h4-19H,1-3H3,(H,33,36)(H,34,37). The third-order valence-corrected chi connectivity index (χ3v) is 6.39. The van der Waals surface area contributed by atoms with E-state index >= 15 is 0 Å². The Kier molecular flexibility index (Phi) is 7.59. The number of rotatable bonds is 8. The molecule has 0 saturated carbocycles. The molecule has 2 N–H and O–H groups in total. The van der Waals surface area contributed by atoms with Crippen LogP contribution in [0.3, 0.4) is 0 Å². The lowest BCUT2D eigenvalue weighted by Gasteiger charge is -2.13. The number of hydrogen-bond acceptors (Lipinski definition) is 6. The van der Waals surface area contributed by atoms with Crippen LogP contribution in [0, 0.1) is 0 Å². The van der Waals surface area contributed by atoms with Crippen LogP contribution in [0.1, 0.15) is 20.7 Å². The van der Waals surface area contributed by atoms with Crippen molar-refractivity contribution in [2.24, 2.45) is 0 Å². The second kappa shape index (κ2) is 11.6. The van der Waals surface area contributed by atoms with E-state index < -0.39 is 0 Å². The number of carbonyl (C=O) groups is 2. The number of carbonyl (C=O) groups excluding carboxylic acids is 2. The van der Waals surface area contributed by atoms with Gasteiger partial charge in [-0.1, -0.05) is 18.2 Å². The summed E-state index contributed by atoms with van der Waals surface area (Å²) in [4.78, 5) is 30.9. The van der Waals surface area contributed by atoms with Crippen LogP contribution in [-0.2, 0) is 0 Å². The van der Waals surface area contributed by atoms with Crippen molar-refractivity contribution < 1.29 is 23.8 Å². The number of fused-ring (bicyclic) bond motifs is 1. The topological polar surface area (TPSA) is 98.8 Å². The Balaban J connectivity index is 1.38. The van der Waals surface area contributed by atoms with E-state index in [9.17, 15) is 9.59 Å². The van der Waals surface area contributed by atoms with Gasteiger partial charge in [-0.3, -0.25) is 9.59 Å². The number of para-hydroxylation sites is 1. The number of pyridine rings is 1. The van der Waals surface area contributed by atoms with Crippen LogP contribution in [-0.4, -0.2) is 38.1 Å². The van der Waals surface area contributed by atoms with Crippen molar-refractivity contribution in [2.45, 2.75) is 0 Å². The third-order valence-electron chi connectivity index (χ3n) is 6.39. The number of nitrogens with zero attached hydrogens (tertiary/aromatic N) is 1. The molecule has 0 fully saturated rings. The molecule has 0 spiro atoms. The average molecular weight is 534 g/mol. The molecule has 1 aromatic heterocycles. The van der Waals surface area contributed by atoms with Crippen LogP contribution in [0.2, 0.25) is 0 Å². The zero-order valence-electron chi connectivity index (χ0n) is 22.2. The van der Waals surface area contributed by atoms with Crippen molar-refractivity contribution in [3.8, 4) is 28.5 Å². The highest BCUT2D eigenvalue weighted by molar-refractivity contribution is 6.13. The summed E-state index contributed by atoms with van der Waals surface area (Å²) in [6.07, 6.45) is 0. The van der Waals surface area contributed by atoms with Crippen LogP contribution in [0.5, 0.6) is 17.2 Å². The van der Waals surface area contributed by atoms with Gasteiger partial charge in [0.15, 0.2) is 11.5 Å². The molecule has 0 aliphatic rings. The number of aromatic nitrogens is 1. The first-order valence-electron chi connectivity index (χ1n) is 12.5. The van der Waals surface area contributed by atoms with Gasteiger partial charge in [0.1, 0.15) is 5.75 Å². The first-order chi connectivity index (χ1) is 19.5. The fraction of sp³-hybridized carbons (Fsp3) is 0.0938. The SMILES string of the molecule is COc1ccc(NC(=O)c2ccc(NC(=O)c3cc(-c4ccc(OC)c(OC)c4)nc4ccccc34)cc2)cc1. The Hall–Kier alpha value is -5.37. The first kappa shape index (κ1) is 26.2. The molecule has 0 unspecified atom stereocenters. The minimum Gasteiger partial charge on any atom is -0.497 e. The number of methoxy groups -OCH3 is 3. The summed E-state index contributed by atoms with van der Waals surface area (Å²) in [5.41, 5.74) is 4.22. The summed E-state index contributed by atoms with van der Waals surface area (Å²) >= 11 is 0. The van der Waals surface area contributed by atoms with Crippen molar-refractivity contribution in [1.29, 1.82) is 0 Å². The van der Waals surface area contributed by atoms with Gasteiger partial charge in [-0.2, -0.15) is 0 Å². The number of benzene rings is 4. The lowest BCUT2D eigenvalue weighted by Crippen LogP contribution is -2.14. The maximum absolute atomic E-state index is 13.5. The summed E-state index contributed by atoms with van der Waals surface area (Å²) in [7, 11) is 4.73. The molecule has 8 nitrogen and oxygen atoms in total. The van der Waals surface area contributed by atoms with Crippen molar-refractivity contribution >= 4 is 34.1 Å². The largest absolute Gasteiger partial charge is 0.497 e. The molecule has 5 aromatic rings. The Morgan fingerprint density at radius 3 is 1.98 bits per heavy atom. The van der Waals surface area contributed by atoms with E-state index in [-0.39, 0.29) is 11.8 Å². The zero-order chi connectivity index (χ0) is 28.1. The van der Waals surface area contributed by atoms with Gasteiger partial charge in [-0.05, 0) is 78.9 Å². The fourth-order valence-corrected chi connectivity index (χ4v) is 4.29. The minimum absolute atomic E-state index is 0.261. The van der Waals surface area contributed by atoms with E-state index in [4.69, 9.17) is 19.2 Å². The highest BCUT2D eigenvalue weighted by Gasteiger charge is 2.16. The molecule has 0 saturated heterocycles. The predicted octanol–water partition coefficient (Wildman–Crippen LogP) is 6.43. The van der Waals surface area contributed by atoms with Gasteiger partial charge < -0.3 is 24.8 Å². The molecule has 1 heterocycles. The number of ether oxygens (including phenoxy) is 3. The maximum Gasteiger partial charge on any atom is 0.256 e. The Labute approximate surface area is 231 Å². The van der Waals surface area contributed by atoms with E-state index in [1.165, 1.54) is 0 Å². The monoisotopic (exact) mass is 533 g/mol. The summed E-state index contributed by atoms with van der Waals surface area (Å²) in [5.74, 6) is 1.32. The van der Waals surface area contributed by atoms with Gasteiger partial charge in [0.2, 0.25) is 0 Å². The number of hydrogen-bond donors (Lipinski definition) is 2. The fourth-order valence-electron chi connectivity index (χ4n) is 4.29. The lowest BCUT2D eigenvalue weighted by molar-refractivity contribution is 0.102. The van der Waals surface area contributed by atoms with Crippen LogP contribution in [0.15, 0.2) is 97.1 Å². The quantitative estimate of drug-likeness (QED) is 0.238. The molecule has 0 atom stereocenters. The van der Waals surface area contributed by atoms with Crippen molar-refractivity contribution in [2.75, 3.05) is 32.0 Å². The van der Waals surface area contributed by atoms with Crippen molar-refractivity contribution in [3.05, 3.63) is 108 Å². The molecule has 2 amide bonds. The second-order valence-corrected chi connectivity index (χ2v) is 8.86. The van der Waals surface area contributed by atoms with Gasteiger partial charge in [0.05, 0.1) is 38.1 Å². The molecular formula is C32H27N3O5. The molecule has 4 aromatic carbocycles. The highest BCUT2D eigenvalue weighted by Crippen LogP contribution is 2.33. The number of amides is 2. The summed E-state index contributed by atoms with van der Waals surface area (Å²) < 4.78 is 15.9. The van der Waals surface area contributed by atoms with Gasteiger partial charge in [0, 0.05) is 27.9 Å². The Bertz CT molecular complexity index is 1680. The van der Waals surface area contributed by atoms with Crippen LogP contribution in [0.25, 0.3) is 22.2 Å². The molecule has 0 aliphatic carbocycles. The van der Waals surface area contributed by atoms with Gasteiger partial charge >= 0.3 is 0 Å². The van der Waals surface area contributed by atoms with E-state index in [0.29, 0.717) is 51.0 Å². The lowest BCUT2D eigenvalue weighted by atomic mass is 10.0. The van der Waals surface area contributed by atoms with Gasteiger partial charge in [0.25, 0.3) is 11.8 Å². The molecule has 0 radical (unpaired) electrons. The first-order valence-corrected chi connectivity index (χ1v) is 12.5. The number of nitrogens with one attached hydrogen (secondary N) is 2. The summed E-state index contributed by atoms with van der Waals surface area (Å²) in [6.45, 7) is 0. The predicted molar refractivity (Wildman–Crippen MR) is 156 cm³/mol. The number of anilines is 2. The van der Waals surface area contributed by atoms with E-state index in [2.05, 4.69) is 10.6 Å². The Morgan fingerprint density at radius 2 is 1.30 bits per heavy atom. The highest BCUT2D eigenvalue weighted by atomic mass is 16.5. The second-order valence-electron chi connectivity index (χ2n) is 8.86. The molecular weight excluding hydrogens is 506 g/mol. The normalized spacial score (nSPS) is 10.6. The molecule has 8 heteroatoms. The van der Waals surface area contributed by atoms with Crippen LogP contribution >= 0.6 is 0 Å². The minimum atomic E-state index is -0.296. The van der Waals surface area contributed by atoms with Crippen LogP contribution in [0.4, 0.5) is 11.4 Å². The van der Waals surface area contributed by atoms with Crippen molar-refractivity contribution in [1.82, 2.24) is 4.98 Å². The smallest absolute Gasteiger partial charge is 0.256 e.